The first-order valence-electron chi connectivity index (χ1n) is 11.2. The number of hydrogen-bond acceptors (Lipinski definition) is 6. The maximum absolute atomic E-state index is 13.0. The Balaban J connectivity index is 1.45. The zero-order valence-corrected chi connectivity index (χ0v) is 18.9. The molecule has 1 fully saturated rings. The minimum absolute atomic E-state index is 0.256. The van der Waals surface area contributed by atoms with Crippen LogP contribution in [-0.2, 0) is 6.54 Å². The molecule has 2 aromatic carbocycles. The molecule has 0 saturated carbocycles. The van der Waals surface area contributed by atoms with Crippen LogP contribution >= 0.6 is 0 Å². The number of methoxy groups -OCH3 is 2. The molecule has 1 N–H and O–H groups in total. The summed E-state index contributed by atoms with van der Waals surface area (Å²) >= 11 is 0. The fraction of sp³-hybridized carbons (Fsp3) is 0.320. The molecule has 0 amide bonds. The van der Waals surface area contributed by atoms with Gasteiger partial charge in [0.05, 0.1) is 20.4 Å². The molecule has 0 bridgehead atoms. The van der Waals surface area contributed by atoms with E-state index in [0.717, 1.165) is 47.4 Å². The van der Waals surface area contributed by atoms with E-state index in [4.69, 9.17) is 9.47 Å². The lowest BCUT2D eigenvalue weighted by Gasteiger charge is -2.27. The summed E-state index contributed by atoms with van der Waals surface area (Å²) in [6.07, 6.45) is 6.91. The van der Waals surface area contributed by atoms with Gasteiger partial charge in [0.15, 0.2) is 0 Å². The molecule has 5 rings (SSSR count). The van der Waals surface area contributed by atoms with Crippen molar-refractivity contribution in [2.24, 2.45) is 5.10 Å². The van der Waals surface area contributed by atoms with Crippen molar-refractivity contribution in [3.05, 3.63) is 64.2 Å². The lowest BCUT2D eigenvalue weighted by Crippen LogP contribution is -2.29. The highest BCUT2D eigenvalue weighted by Gasteiger charge is 2.14. The average molecular weight is 446 g/mol. The molecule has 0 atom stereocenters. The van der Waals surface area contributed by atoms with Crippen LogP contribution in [0.5, 0.6) is 11.5 Å². The van der Waals surface area contributed by atoms with Gasteiger partial charge in [0.1, 0.15) is 28.9 Å². The molecule has 0 radical (unpaired) electrons. The van der Waals surface area contributed by atoms with Crippen LogP contribution in [0.3, 0.4) is 0 Å². The summed E-state index contributed by atoms with van der Waals surface area (Å²) in [7, 11) is 3.31. The van der Waals surface area contributed by atoms with E-state index in [2.05, 4.69) is 26.0 Å². The third-order valence-corrected chi connectivity index (χ3v) is 6.17. The SMILES string of the molecule is COc1ccc2[nH]c3c(=O)n(N=Cc4ccc(OC)c(CN5CCCCC5)c4)cnc3c2c1. The van der Waals surface area contributed by atoms with E-state index in [1.54, 1.807) is 20.4 Å². The zero-order valence-electron chi connectivity index (χ0n) is 18.9. The van der Waals surface area contributed by atoms with E-state index < -0.39 is 0 Å². The number of rotatable bonds is 6. The monoisotopic (exact) mass is 445 g/mol. The number of nitrogens with one attached hydrogen (secondary N) is 1. The predicted octanol–water partition coefficient (Wildman–Crippen LogP) is 3.76. The number of nitrogens with zero attached hydrogens (tertiary/aromatic N) is 4. The highest BCUT2D eigenvalue weighted by molar-refractivity contribution is 6.04. The maximum atomic E-state index is 13.0. The van der Waals surface area contributed by atoms with Crippen LogP contribution in [-0.4, -0.2) is 53.1 Å². The molecule has 0 unspecified atom stereocenters. The molecule has 8 heteroatoms. The lowest BCUT2D eigenvalue weighted by atomic mass is 10.1. The number of fused-ring (bicyclic) bond motifs is 3. The molecule has 3 heterocycles. The minimum atomic E-state index is -0.256. The van der Waals surface area contributed by atoms with Crippen molar-refractivity contribution in [2.45, 2.75) is 25.8 Å². The van der Waals surface area contributed by atoms with E-state index in [0.29, 0.717) is 16.8 Å². The molecule has 33 heavy (non-hydrogen) atoms. The molecular formula is C25H27N5O3. The number of aromatic nitrogens is 3. The van der Waals surface area contributed by atoms with Crippen molar-refractivity contribution in [2.75, 3.05) is 27.3 Å². The molecule has 1 saturated heterocycles. The topological polar surface area (TPSA) is 84.7 Å². The van der Waals surface area contributed by atoms with Crippen LogP contribution in [0, 0.1) is 0 Å². The van der Waals surface area contributed by atoms with E-state index in [1.807, 2.05) is 30.3 Å². The number of benzene rings is 2. The van der Waals surface area contributed by atoms with Crippen LogP contribution in [0.4, 0.5) is 0 Å². The molecule has 4 aromatic rings. The second-order valence-corrected chi connectivity index (χ2v) is 8.31. The Morgan fingerprint density at radius 1 is 1.09 bits per heavy atom. The zero-order chi connectivity index (χ0) is 22.8. The standard InChI is InChI=1S/C25H27N5O3/c1-32-19-7-8-21-20(13-19)23-24(28-21)25(31)30(16-26-23)27-14-17-6-9-22(33-2)18(12-17)15-29-10-4-3-5-11-29/h6-9,12-14,16,28H,3-5,10-11,15H2,1-2H3. The van der Waals surface area contributed by atoms with Crippen molar-refractivity contribution in [3.63, 3.8) is 0 Å². The van der Waals surface area contributed by atoms with Crippen molar-refractivity contribution < 1.29 is 9.47 Å². The fourth-order valence-electron chi connectivity index (χ4n) is 4.42. The maximum Gasteiger partial charge on any atom is 0.298 e. The van der Waals surface area contributed by atoms with Gasteiger partial charge in [-0.3, -0.25) is 9.69 Å². The highest BCUT2D eigenvalue weighted by Crippen LogP contribution is 2.26. The molecule has 8 nitrogen and oxygen atoms in total. The second kappa shape index (κ2) is 9.07. The van der Waals surface area contributed by atoms with Gasteiger partial charge in [-0.15, -0.1) is 0 Å². The third-order valence-electron chi connectivity index (χ3n) is 6.17. The number of hydrogen-bond donors (Lipinski definition) is 1. The number of aromatic amines is 1. The first-order chi connectivity index (χ1) is 16.2. The van der Waals surface area contributed by atoms with Crippen LogP contribution in [0.1, 0.15) is 30.4 Å². The molecule has 2 aromatic heterocycles. The van der Waals surface area contributed by atoms with Crippen LogP contribution in [0.25, 0.3) is 21.9 Å². The number of likely N-dealkylation sites (tertiary alicyclic amines) is 1. The highest BCUT2D eigenvalue weighted by atomic mass is 16.5. The van der Waals surface area contributed by atoms with Gasteiger partial charge in [-0.05, 0) is 67.9 Å². The fourth-order valence-corrected chi connectivity index (χ4v) is 4.42. The summed E-state index contributed by atoms with van der Waals surface area (Å²) < 4.78 is 12.1. The van der Waals surface area contributed by atoms with E-state index >= 15 is 0 Å². The predicted molar refractivity (Wildman–Crippen MR) is 130 cm³/mol. The van der Waals surface area contributed by atoms with Gasteiger partial charge in [-0.25, -0.2) is 4.98 Å². The van der Waals surface area contributed by atoms with Crippen molar-refractivity contribution in [1.29, 1.82) is 0 Å². The van der Waals surface area contributed by atoms with E-state index in [9.17, 15) is 4.79 Å². The third kappa shape index (κ3) is 4.21. The van der Waals surface area contributed by atoms with Gasteiger partial charge in [0.25, 0.3) is 5.56 Å². The molecule has 1 aliphatic rings. The van der Waals surface area contributed by atoms with E-state index in [1.165, 1.54) is 30.3 Å². The summed E-state index contributed by atoms with van der Waals surface area (Å²) in [5, 5.41) is 5.23. The first kappa shape index (κ1) is 21.2. The number of H-pyrrole nitrogens is 1. The van der Waals surface area contributed by atoms with Gasteiger partial charge >= 0.3 is 0 Å². The van der Waals surface area contributed by atoms with Crippen LogP contribution in [0.15, 0.2) is 52.6 Å². The largest absolute Gasteiger partial charge is 0.497 e. The number of ether oxygens (including phenoxy) is 2. The van der Waals surface area contributed by atoms with Crippen molar-refractivity contribution in [3.8, 4) is 11.5 Å². The summed E-state index contributed by atoms with van der Waals surface area (Å²) in [6.45, 7) is 3.06. The van der Waals surface area contributed by atoms with Gasteiger partial charge < -0.3 is 14.5 Å². The van der Waals surface area contributed by atoms with Gasteiger partial charge in [-0.1, -0.05) is 6.42 Å². The summed E-state index contributed by atoms with van der Waals surface area (Å²) in [6, 6.07) is 11.6. The van der Waals surface area contributed by atoms with Crippen LogP contribution in [0.2, 0.25) is 0 Å². The second-order valence-electron chi connectivity index (χ2n) is 8.31. The Morgan fingerprint density at radius 3 is 2.73 bits per heavy atom. The summed E-state index contributed by atoms with van der Waals surface area (Å²) in [5.74, 6) is 1.58. The smallest absolute Gasteiger partial charge is 0.298 e. The first-order valence-corrected chi connectivity index (χ1v) is 11.2. The van der Waals surface area contributed by atoms with Gasteiger partial charge in [-0.2, -0.15) is 9.78 Å². The normalized spacial score (nSPS) is 15.0. The Hall–Kier alpha value is -3.65. The quantitative estimate of drug-likeness (QED) is 0.457. The molecular weight excluding hydrogens is 418 g/mol. The van der Waals surface area contributed by atoms with Crippen molar-refractivity contribution >= 4 is 28.2 Å². The van der Waals surface area contributed by atoms with E-state index in [-0.39, 0.29) is 5.56 Å². The van der Waals surface area contributed by atoms with Gasteiger partial charge in [0.2, 0.25) is 0 Å². The Labute approximate surface area is 191 Å². The van der Waals surface area contributed by atoms with Gasteiger partial charge in [0, 0.05) is 23.0 Å². The lowest BCUT2D eigenvalue weighted by molar-refractivity contribution is 0.218. The Kier molecular flexibility index (Phi) is 5.83. The van der Waals surface area contributed by atoms with Crippen LogP contribution < -0.4 is 15.0 Å². The molecule has 0 aliphatic carbocycles. The summed E-state index contributed by atoms with van der Waals surface area (Å²) in [5.41, 5.74) is 3.61. The minimum Gasteiger partial charge on any atom is -0.497 e. The average Bonchev–Trinajstić information content (AvgIpc) is 3.23. The molecule has 0 spiro atoms. The Bertz CT molecular complexity index is 1380. The van der Waals surface area contributed by atoms with Crippen molar-refractivity contribution in [1.82, 2.24) is 19.5 Å². The number of piperidine rings is 1. The Morgan fingerprint density at radius 2 is 1.94 bits per heavy atom. The molecule has 1 aliphatic heterocycles. The summed E-state index contributed by atoms with van der Waals surface area (Å²) in [4.78, 5) is 23.1. The molecule has 170 valence electrons.